The molecule has 1 aliphatic heterocycles. The lowest BCUT2D eigenvalue weighted by molar-refractivity contribution is -0.0675. The standard InChI is InChI=1S/C15H19F2NO2/c1-10-8-18(9-11(2)20-10)4-3-15(19)12-5-13(16)7-14(17)6-12/h5-7,10-11H,3-4,8-9H2,1-2H3/t10-,11+. The van der Waals surface area contributed by atoms with Gasteiger partial charge in [-0.1, -0.05) is 0 Å². The number of ketones is 1. The van der Waals surface area contributed by atoms with E-state index >= 15 is 0 Å². The maximum Gasteiger partial charge on any atom is 0.164 e. The molecule has 0 aromatic heterocycles. The van der Waals surface area contributed by atoms with Crippen LogP contribution >= 0.6 is 0 Å². The van der Waals surface area contributed by atoms with E-state index in [2.05, 4.69) is 4.90 Å². The summed E-state index contributed by atoms with van der Waals surface area (Å²) in [4.78, 5) is 14.1. The molecule has 110 valence electrons. The molecule has 1 aromatic rings. The quantitative estimate of drug-likeness (QED) is 0.796. The SMILES string of the molecule is C[C@@H]1CN(CCC(=O)c2cc(F)cc(F)c2)C[C@H](C)O1. The van der Waals surface area contributed by atoms with Crippen LogP contribution in [0.3, 0.4) is 0 Å². The molecule has 20 heavy (non-hydrogen) atoms. The molecule has 2 atom stereocenters. The predicted octanol–water partition coefficient (Wildman–Crippen LogP) is 2.65. The summed E-state index contributed by atoms with van der Waals surface area (Å²) < 4.78 is 31.7. The third-order valence-corrected chi connectivity index (χ3v) is 3.33. The number of benzene rings is 1. The number of nitrogens with zero attached hydrogens (tertiary/aromatic N) is 1. The Morgan fingerprint density at radius 1 is 1.20 bits per heavy atom. The van der Waals surface area contributed by atoms with E-state index in [-0.39, 0.29) is 30.0 Å². The molecule has 0 saturated carbocycles. The first-order valence-corrected chi connectivity index (χ1v) is 6.81. The van der Waals surface area contributed by atoms with Gasteiger partial charge >= 0.3 is 0 Å². The number of hydrogen-bond donors (Lipinski definition) is 0. The molecular weight excluding hydrogens is 264 g/mol. The molecule has 0 spiro atoms. The van der Waals surface area contributed by atoms with E-state index in [9.17, 15) is 13.6 Å². The van der Waals surface area contributed by atoms with Crippen molar-refractivity contribution in [1.29, 1.82) is 0 Å². The predicted molar refractivity (Wildman–Crippen MR) is 71.8 cm³/mol. The van der Waals surface area contributed by atoms with E-state index in [0.717, 1.165) is 31.3 Å². The Balaban J connectivity index is 1.91. The zero-order chi connectivity index (χ0) is 14.7. The molecule has 0 amide bonds. The summed E-state index contributed by atoms with van der Waals surface area (Å²) in [6.45, 7) is 6.11. The van der Waals surface area contributed by atoms with Crippen molar-refractivity contribution in [3.05, 3.63) is 35.4 Å². The smallest absolute Gasteiger partial charge is 0.164 e. The van der Waals surface area contributed by atoms with Gasteiger partial charge in [0.05, 0.1) is 12.2 Å². The van der Waals surface area contributed by atoms with Crippen molar-refractivity contribution in [2.45, 2.75) is 32.5 Å². The minimum Gasteiger partial charge on any atom is -0.373 e. The third kappa shape index (κ3) is 4.08. The maximum atomic E-state index is 13.1. The molecule has 3 nitrogen and oxygen atoms in total. The van der Waals surface area contributed by atoms with Gasteiger partial charge in [0.2, 0.25) is 0 Å². The molecule has 2 rings (SSSR count). The lowest BCUT2D eigenvalue weighted by Crippen LogP contribution is -2.46. The fourth-order valence-electron chi connectivity index (χ4n) is 2.59. The first kappa shape index (κ1) is 15.1. The second kappa shape index (κ2) is 6.41. The largest absolute Gasteiger partial charge is 0.373 e. The Labute approximate surface area is 117 Å². The Hall–Kier alpha value is -1.33. The summed E-state index contributed by atoms with van der Waals surface area (Å²) in [6.07, 6.45) is 0.531. The van der Waals surface area contributed by atoms with E-state index in [0.29, 0.717) is 6.54 Å². The van der Waals surface area contributed by atoms with E-state index in [1.807, 2.05) is 13.8 Å². The molecule has 1 heterocycles. The highest BCUT2D eigenvalue weighted by Crippen LogP contribution is 2.13. The summed E-state index contributed by atoms with van der Waals surface area (Å²) in [5, 5.41) is 0. The second-order valence-electron chi connectivity index (χ2n) is 5.35. The van der Waals surface area contributed by atoms with Crippen LogP contribution in [0.25, 0.3) is 0 Å². The van der Waals surface area contributed by atoms with Crippen LogP contribution in [0, 0.1) is 11.6 Å². The van der Waals surface area contributed by atoms with Gasteiger partial charge in [-0.2, -0.15) is 0 Å². The van der Waals surface area contributed by atoms with Gasteiger partial charge in [-0.15, -0.1) is 0 Å². The molecule has 0 N–H and O–H groups in total. The highest BCUT2D eigenvalue weighted by Gasteiger charge is 2.22. The van der Waals surface area contributed by atoms with Crippen molar-refractivity contribution in [3.8, 4) is 0 Å². The maximum absolute atomic E-state index is 13.1. The molecular formula is C15H19F2NO2. The molecule has 1 saturated heterocycles. The van der Waals surface area contributed by atoms with Crippen LogP contribution in [0.2, 0.25) is 0 Å². The Morgan fingerprint density at radius 2 is 1.75 bits per heavy atom. The van der Waals surface area contributed by atoms with E-state index < -0.39 is 11.6 Å². The Kier molecular flexibility index (Phi) is 4.83. The van der Waals surface area contributed by atoms with Gasteiger partial charge in [0.15, 0.2) is 5.78 Å². The summed E-state index contributed by atoms with van der Waals surface area (Å²) in [6, 6.07) is 2.92. The first-order valence-electron chi connectivity index (χ1n) is 6.81. The van der Waals surface area contributed by atoms with Crippen LogP contribution in [0.15, 0.2) is 18.2 Å². The number of ether oxygens (including phenoxy) is 1. The average Bonchev–Trinajstić information content (AvgIpc) is 2.33. The van der Waals surface area contributed by atoms with E-state index in [4.69, 9.17) is 4.74 Å². The van der Waals surface area contributed by atoms with Gasteiger partial charge in [0.25, 0.3) is 0 Å². The highest BCUT2D eigenvalue weighted by molar-refractivity contribution is 5.96. The molecule has 5 heteroatoms. The number of hydrogen-bond acceptors (Lipinski definition) is 3. The molecule has 1 aromatic carbocycles. The van der Waals surface area contributed by atoms with Crippen molar-refractivity contribution in [3.63, 3.8) is 0 Å². The zero-order valence-electron chi connectivity index (χ0n) is 11.7. The van der Waals surface area contributed by atoms with Crippen molar-refractivity contribution in [2.75, 3.05) is 19.6 Å². The minimum absolute atomic E-state index is 0.0943. The van der Waals surface area contributed by atoms with Crippen LogP contribution in [0.4, 0.5) is 8.78 Å². The van der Waals surface area contributed by atoms with Gasteiger partial charge in [-0.3, -0.25) is 9.69 Å². The van der Waals surface area contributed by atoms with E-state index in [1.165, 1.54) is 0 Å². The van der Waals surface area contributed by atoms with Gasteiger partial charge in [0.1, 0.15) is 11.6 Å². The highest BCUT2D eigenvalue weighted by atomic mass is 19.1. The van der Waals surface area contributed by atoms with Crippen molar-refractivity contribution in [1.82, 2.24) is 4.90 Å². The van der Waals surface area contributed by atoms with Crippen LogP contribution < -0.4 is 0 Å². The van der Waals surface area contributed by atoms with Crippen LogP contribution in [0.1, 0.15) is 30.6 Å². The van der Waals surface area contributed by atoms with Gasteiger partial charge < -0.3 is 4.74 Å². The molecule has 1 aliphatic rings. The second-order valence-corrected chi connectivity index (χ2v) is 5.35. The zero-order valence-corrected chi connectivity index (χ0v) is 11.7. The fraction of sp³-hybridized carbons (Fsp3) is 0.533. The number of rotatable bonds is 4. The summed E-state index contributed by atoms with van der Waals surface area (Å²) in [5.74, 6) is -1.68. The summed E-state index contributed by atoms with van der Waals surface area (Å²) in [7, 11) is 0. The molecule has 0 aliphatic carbocycles. The van der Waals surface area contributed by atoms with E-state index in [1.54, 1.807) is 0 Å². The average molecular weight is 283 g/mol. The van der Waals surface area contributed by atoms with Crippen molar-refractivity contribution in [2.24, 2.45) is 0 Å². The molecule has 0 bridgehead atoms. The van der Waals surface area contributed by atoms with Crippen LogP contribution in [0.5, 0.6) is 0 Å². The number of carbonyl (C=O) groups excluding carboxylic acids is 1. The fourth-order valence-corrected chi connectivity index (χ4v) is 2.59. The van der Waals surface area contributed by atoms with Gasteiger partial charge in [0, 0.05) is 37.7 Å². The third-order valence-electron chi connectivity index (χ3n) is 3.33. The molecule has 0 radical (unpaired) electrons. The Morgan fingerprint density at radius 3 is 2.30 bits per heavy atom. The van der Waals surface area contributed by atoms with Crippen molar-refractivity contribution < 1.29 is 18.3 Å². The number of Topliss-reactive ketones (excluding diaryl/α,β-unsaturated/α-hetero) is 1. The Bertz CT molecular complexity index is 463. The number of morpholine rings is 1. The minimum atomic E-state index is -0.720. The lowest BCUT2D eigenvalue weighted by Gasteiger charge is -2.35. The topological polar surface area (TPSA) is 29.5 Å². The molecule has 1 fully saturated rings. The number of halogens is 2. The van der Waals surface area contributed by atoms with Gasteiger partial charge in [-0.25, -0.2) is 8.78 Å². The summed E-state index contributed by atoms with van der Waals surface area (Å²) >= 11 is 0. The van der Waals surface area contributed by atoms with Crippen LogP contribution in [-0.2, 0) is 4.74 Å². The monoisotopic (exact) mass is 283 g/mol. The molecule has 0 unspecified atom stereocenters. The number of carbonyl (C=O) groups is 1. The normalized spacial score (nSPS) is 23.8. The lowest BCUT2D eigenvalue weighted by atomic mass is 10.1. The van der Waals surface area contributed by atoms with Crippen molar-refractivity contribution >= 4 is 5.78 Å². The first-order chi connectivity index (χ1) is 9.44. The summed E-state index contributed by atoms with van der Waals surface area (Å²) in [5.41, 5.74) is 0.0943. The van der Waals surface area contributed by atoms with Crippen LogP contribution in [-0.4, -0.2) is 42.5 Å². The van der Waals surface area contributed by atoms with Gasteiger partial charge in [-0.05, 0) is 26.0 Å².